The monoisotopic (exact) mass is 285 g/mol. The maximum Gasteiger partial charge on any atom is 0.134 e. The number of ether oxygens (including phenoxy) is 1. The molecule has 0 amide bonds. The second-order valence-corrected chi connectivity index (χ2v) is 4.98. The van der Waals surface area contributed by atoms with Gasteiger partial charge in [-0.2, -0.15) is 0 Å². The fourth-order valence-electron chi connectivity index (χ4n) is 2.47. The largest absolute Gasteiger partial charge is 0.497 e. The first-order chi connectivity index (χ1) is 10.1. The van der Waals surface area contributed by atoms with E-state index in [4.69, 9.17) is 14.9 Å². The summed E-state index contributed by atoms with van der Waals surface area (Å²) in [7, 11) is 1.62. The highest BCUT2D eigenvalue weighted by molar-refractivity contribution is 5.82. The van der Waals surface area contributed by atoms with Gasteiger partial charge in [0.15, 0.2) is 0 Å². The summed E-state index contributed by atoms with van der Waals surface area (Å²) in [5.74, 6) is 1.14. The predicted octanol–water partition coefficient (Wildman–Crippen LogP) is 3.94. The first-order valence-electron chi connectivity index (χ1n) is 6.68. The zero-order valence-electron chi connectivity index (χ0n) is 11.9. The number of nitrogens with two attached hydrogens (primary N) is 1. The summed E-state index contributed by atoms with van der Waals surface area (Å²) in [6.45, 7) is 1.89. The Labute approximate surface area is 122 Å². The van der Waals surface area contributed by atoms with Gasteiger partial charge in [-0.1, -0.05) is 12.1 Å². The molecule has 108 valence electrons. The molecule has 3 nitrogen and oxygen atoms in total. The van der Waals surface area contributed by atoms with Crippen molar-refractivity contribution in [1.29, 1.82) is 0 Å². The molecule has 3 rings (SSSR count). The second-order valence-electron chi connectivity index (χ2n) is 4.98. The molecule has 0 radical (unpaired) electrons. The first kappa shape index (κ1) is 13.6. The van der Waals surface area contributed by atoms with Crippen molar-refractivity contribution in [2.24, 2.45) is 5.73 Å². The molecule has 2 aromatic carbocycles. The van der Waals surface area contributed by atoms with Crippen LogP contribution in [0.1, 0.15) is 22.9 Å². The van der Waals surface area contributed by atoms with Crippen molar-refractivity contribution in [3.8, 4) is 5.75 Å². The van der Waals surface area contributed by atoms with Crippen LogP contribution in [-0.4, -0.2) is 7.11 Å². The second kappa shape index (κ2) is 5.22. The summed E-state index contributed by atoms with van der Waals surface area (Å²) < 4.78 is 24.3. The first-order valence-corrected chi connectivity index (χ1v) is 6.68. The predicted molar refractivity (Wildman–Crippen MR) is 79.9 cm³/mol. The van der Waals surface area contributed by atoms with Crippen molar-refractivity contribution in [1.82, 2.24) is 0 Å². The van der Waals surface area contributed by atoms with Gasteiger partial charge in [0.05, 0.1) is 13.2 Å². The maximum atomic E-state index is 13.3. The average molecular weight is 285 g/mol. The number of benzene rings is 2. The Balaban J connectivity index is 2.04. The van der Waals surface area contributed by atoms with Gasteiger partial charge in [0.2, 0.25) is 0 Å². The molecule has 0 fully saturated rings. The third kappa shape index (κ3) is 2.38. The Morgan fingerprint density at radius 1 is 1.14 bits per heavy atom. The summed E-state index contributed by atoms with van der Waals surface area (Å²) in [6, 6.07) is 11.6. The lowest BCUT2D eigenvalue weighted by Crippen LogP contribution is -2.11. The molecule has 0 bridgehead atoms. The third-order valence-corrected chi connectivity index (χ3v) is 3.69. The molecule has 21 heavy (non-hydrogen) atoms. The van der Waals surface area contributed by atoms with Crippen LogP contribution < -0.4 is 10.5 Å². The molecule has 0 saturated heterocycles. The summed E-state index contributed by atoms with van der Waals surface area (Å²) in [5, 5.41) is 0.758. The van der Waals surface area contributed by atoms with E-state index in [9.17, 15) is 4.39 Å². The van der Waals surface area contributed by atoms with Crippen LogP contribution in [0.2, 0.25) is 0 Å². The van der Waals surface area contributed by atoms with Gasteiger partial charge >= 0.3 is 0 Å². The highest BCUT2D eigenvalue weighted by Gasteiger charge is 2.19. The number of aryl methyl sites for hydroxylation is 1. The molecule has 0 saturated carbocycles. The molecule has 0 aliphatic heterocycles. The van der Waals surface area contributed by atoms with Gasteiger partial charge in [0.1, 0.15) is 22.9 Å². The van der Waals surface area contributed by atoms with Crippen LogP contribution in [0, 0.1) is 12.7 Å². The minimum Gasteiger partial charge on any atom is -0.497 e. The number of hydrogen-bond donors (Lipinski definition) is 1. The summed E-state index contributed by atoms with van der Waals surface area (Å²) in [4.78, 5) is 0. The molecular weight excluding hydrogens is 269 g/mol. The smallest absolute Gasteiger partial charge is 0.134 e. The Bertz CT molecular complexity index is 777. The lowest BCUT2D eigenvalue weighted by molar-refractivity contribution is 0.414. The summed E-state index contributed by atoms with van der Waals surface area (Å²) in [6.07, 6.45) is 0. The van der Waals surface area contributed by atoms with Crippen LogP contribution in [0.3, 0.4) is 0 Å². The van der Waals surface area contributed by atoms with Gasteiger partial charge < -0.3 is 14.9 Å². The minimum absolute atomic E-state index is 0.282. The van der Waals surface area contributed by atoms with Crippen molar-refractivity contribution in [3.05, 3.63) is 65.2 Å². The van der Waals surface area contributed by atoms with Crippen molar-refractivity contribution < 1.29 is 13.5 Å². The van der Waals surface area contributed by atoms with Crippen LogP contribution in [0.4, 0.5) is 4.39 Å². The van der Waals surface area contributed by atoms with E-state index in [1.807, 2.05) is 31.2 Å². The molecule has 1 heterocycles. The van der Waals surface area contributed by atoms with E-state index in [-0.39, 0.29) is 5.82 Å². The van der Waals surface area contributed by atoms with E-state index < -0.39 is 6.04 Å². The molecule has 3 aromatic rings. The Kier molecular flexibility index (Phi) is 3.39. The Morgan fingerprint density at radius 2 is 1.86 bits per heavy atom. The lowest BCUT2D eigenvalue weighted by Gasteiger charge is -2.11. The van der Waals surface area contributed by atoms with Gasteiger partial charge in [-0.3, -0.25) is 0 Å². The number of methoxy groups -OCH3 is 1. The highest BCUT2D eigenvalue weighted by atomic mass is 19.1. The number of halogens is 1. The normalized spacial score (nSPS) is 12.6. The quantitative estimate of drug-likeness (QED) is 0.793. The number of furan rings is 1. The molecule has 1 unspecified atom stereocenters. The van der Waals surface area contributed by atoms with Gasteiger partial charge in [-0.15, -0.1) is 0 Å². The molecule has 4 heteroatoms. The number of fused-ring (bicyclic) bond motifs is 1. The van der Waals surface area contributed by atoms with Gasteiger partial charge in [-0.05, 0) is 42.8 Å². The molecule has 0 aliphatic rings. The fourth-order valence-corrected chi connectivity index (χ4v) is 2.47. The van der Waals surface area contributed by atoms with E-state index in [2.05, 4.69) is 0 Å². The zero-order valence-corrected chi connectivity index (χ0v) is 11.9. The fraction of sp³-hybridized carbons (Fsp3) is 0.176. The SMILES string of the molecule is COc1ccc(C(N)c2oc3ccc(F)cc3c2C)cc1. The molecule has 2 N–H and O–H groups in total. The number of hydrogen-bond acceptors (Lipinski definition) is 3. The standard InChI is InChI=1S/C17H16FNO2/c1-10-14-9-12(18)5-8-15(14)21-17(10)16(19)11-3-6-13(20-2)7-4-11/h3-9,16H,19H2,1-2H3. The van der Waals surface area contributed by atoms with Gasteiger partial charge in [0, 0.05) is 10.9 Å². The van der Waals surface area contributed by atoms with Crippen molar-refractivity contribution in [2.45, 2.75) is 13.0 Å². The van der Waals surface area contributed by atoms with Crippen LogP contribution in [-0.2, 0) is 0 Å². The minimum atomic E-state index is -0.397. The molecule has 0 spiro atoms. The van der Waals surface area contributed by atoms with Crippen molar-refractivity contribution in [3.63, 3.8) is 0 Å². The zero-order chi connectivity index (χ0) is 15.0. The van der Waals surface area contributed by atoms with E-state index in [1.54, 1.807) is 13.2 Å². The van der Waals surface area contributed by atoms with Crippen molar-refractivity contribution >= 4 is 11.0 Å². The highest BCUT2D eigenvalue weighted by Crippen LogP contribution is 2.32. The Hall–Kier alpha value is -2.33. The molecular formula is C17H16FNO2. The lowest BCUT2D eigenvalue weighted by atomic mass is 10.0. The van der Waals surface area contributed by atoms with Crippen LogP contribution in [0.5, 0.6) is 5.75 Å². The van der Waals surface area contributed by atoms with E-state index in [1.165, 1.54) is 12.1 Å². The maximum absolute atomic E-state index is 13.3. The summed E-state index contributed by atoms with van der Waals surface area (Å²) in [5.41, 5.74) is 8.71. The molecule has 0 aliphatic carbocycles. The molecule has 1 atom stereocenters. The number of rotatable bonds is 3. The third-order valence-electron chi connectivity index (χ3n) is 3.69. The summed E-state index contributed by atoms with van der Waals surface area (Å²) >= 11 is 0. The van der Waals surface area contributed by atoms with Gasteiger partial charge in [-0.25, -0.2) is 4.39 Å². The van der Waals surface area contributed by atoms with Crippen LogP contribution in [0.25, 0.3) is 11.0 Å². The van der Waals surface area contributed by atoms with Crippen LogP contribution >= 0.6 is 0 Å². The molecule has 1 aromatic heterocycles. The van der Waals surface area contributed by atoms with Gasteiger partial charge in [0.25, 0.3) is 0 Å². The topological polar surface area (TPSA) is 48.4 Å². The van der Waals surface area contributed by atoms with E-state index in [0.29, 0.717) is 11.3 Å². The van der Waals surface area contributed by atoms with Crippen molar-refractivity contribution in [2.75, 3.05) is 7.11 Å². The van der Waals surface area contributed by atoms with E-state index >= 15 is 0 Å². The average Bonchev–Trinajstić information content (AvgIpc) is 2.83. The van der Waals surface area contributed by atoms with E-state index in [0.717, 1.165) is 22.3 Å². The Morgan fingerprint density at radius 3 is 2.52 bits per heavy atom. The van der Waals surface area contributed by atoms with Crippen LogP contribution in [0.15, 0.2) is 46.9 Å².